The summed E-state index contributed by atoms with van der Waals surface area (Å²) < 4.78 is 26.2. The first-order valence-corrected chi connectivity index (χ1v) is 12.2. The number of nitriles is 1. The third kappa shape index (κ3) is 6.12. The molecule has 11 heteroatoms. The predicted octanol–water partition coefficient (Wildman–Crippen LogP) is 3.37. The molecule has 1 amide bonds. The molecule has 0 bridgehead atoms. The van der Waals surface area contributed by atoms with E-state index in [1.54, 1.807) is 11.0 Å². The van der Waals surface area contributed by atoms with Crippen molar-refractivity contribution >= 4 is 23.3 Å². The highest BCUT2D eigenvalue weighted by molar-refractivity contribution is 5.68. The number of carbonyl (C=O) groups excluding carboxylic acids is 1. The van der Waals surface area contributed by atoms with Crippen LogP contribution >= 0.6 is 0 Å². The van der Waals surface area contributed by atoms with Crippen molar-refractivity contribution in [3.8, 4) is 11.9 Å². The standard InChI is InChI=1S/C25H32FN7O3/c1-17(2)35-25(34)33-8-6-19(7-9-33)36-24-20(15-27)23(28-16-29-24)30-22-5-4-18(14-21(22)26)32-12-10-31(3)11-13-32/h4-5,14,16-17,19H,6-13H2,1-3H3,(H,28,29,30). The van der Waals surface area contributed by atoms with E-state index in [4.69, 9.17) is 9.47 Å². The van der Waals surface area contributed by atoms with Gasteiger partial charge in [-0.3, -0.25) is 0 Å². The lowest BCUT2D eigenvalue weighted by Gasteiger charge is -2.34. The molecule has 4 rings (SSSR count). The number of ether oxygens (including phenoxy) is 2. The molecule has 1 aromatic heterocycles. The van der Waals surface area contributed by atoms with E-state index in [1.807, 2.05) is 19.9 Å². The molecule has 0 aliphatic carbocycles. The number of hydrogen-bond acceptors (Lipinski definition) is 9. The molecule has 2 aliphatic heterocycles. The van der Waals surface area contributed by atoms with Gasteiger partial charge in [0.2, 0.25) is 5.88 Å². The molecule has 1 N–H and O–H groups in total. The van der Waals surface area contributed by atoms with Crippen molar-refractivity contribution in [1.29, 1.82) is 5.26 Å². The summed E-state index contributed by atoms with van der Waals surface area (Å²) in [5.74, 6) is -0.128. The minimum atomic E-state index is -0.433. The molecule has 0 atom stereocenters. The van der Waals surface area contributed by atoms with Gasteiger partial charge < -0.3 is 29.5 Å². The number of likely N-dealkylation sites (N-methyl/N-ethyl adjacent to an activating group) is 1. The lowest BCUT2D eigenvalue weighted by atomic mass is 10.1. The third-order valence-corrected chi connectivity index (χ3v) is 6.31. The molecule has 0 radical (unpaired) electrons. The summed E-state index contributed by atoms with van der Waals surface area (Å²) in [4.78, 5) is 26.4. The average Bonchev–Trinajstić information content (AvgIpc) is 2.86. The van der Waals surface area contributed by atoms with Crippen molar-refractivity contribution in [2.45, 2.75) is 38.9 Å². The van der Waals surface area contributed by atoms with Gasteiger partial charge in [-0.15, -0.1) is 0 Å². The van der Waals surface area contributed by atoms with Gasteiger partial charge in [0.25, 0.3) is 0 Å². The number of amides is 1. The third-order valence-electron chi connectivity index (χ3n) is 6.31. The maximum atomic E-state index is 15.0. The van der Waals surface area contributed by atoms with Crippen molar-refractivity contribution in [2.75, 3.05) is 56.5 Å². The van der Waals surface area contributed by atoms with Crippen LogP contribution in [-0.4, -0.2) is 84.4 Å². The van der Waals surface area contributed by atoms with E-state index in [0.29, 0.717) is 25.9 Å². The zero-order valence-electron chi connectivity index (χ0n) is 20.9. The largest absolute Gasteiger partial charge is 0.473 e. The van der Waals surface area contributed by atoms with Crippen LogP contribution in [0.3, 0.4) is 0 Å². The van der Waals surface area contributed by atoms with Gasteiger partial charge >= 0.3 is 6.09 Å². The number of piperidine rings is 1. The lowest BCUT2D eigenvalue weighted by molar-refractivity contribution is 0.0506. The van der Waals surface area contributed by atoms with E-state index < -0.39 is 5.82 Å². The number of nitrogens with zero attached hydrogens (tertiary/aromatic N) is 6. The number of likely N-dealkylation sites (tertiary alicyclic amines) is 1. The van der Waals surface area contributed by atoms with Crippen LogP contribution in [-0.2, 0) is 4.74 Å². The van der Waals surface area contributed by atoms with Crippen LogP contribution in [0.2, 0.25) is 0 Å². The van der Waals surface area contributed by atoms with Crippen LogP contribution in [0, 0.1) is 17.1 Å². The van der Waals surface area contributed by atoms with E-state index >= 15 is 0 Å². The normalized spacial score (nSPS) is 17.1. The lowest BCUT2D eigenvalue weighted by Crippen LogP contribution is -2.44. The predicted molar refractivity (Wildman–Crippen MR) is 133 cm³/mol. The molecular formula is C25H32FN7O3. The zero-order chi connectivity index (χ0) is 25.7. The Morgan fingerprint density at radius 2 is 1.89 bits per heavy atom. The van der Waals surface area contributed by atoms with Crippen molar-refractivity contribution in [3.63, 3.8) is 0 Å². The van der Waals surface area contributed by atoms with Crippen molar-refractivity contribution in [2.24, 2.45) is 0 Å². The van der Waals surface area contributed by atoms with Gasteiger partial charge in [-0.05, 0) is 39.1 Å². The Labute approximate surface area is 210 Å². The molecule has 2 fully saturated rings. The Hall–Kier alpha value is -3.65. The molecular weight excluding hydrogens is 465 g/mol. The Morgan fingerprint density at radius 1 is 1.17 bits per heavy atom. The molecule has 10 nitrogen and oxygen atoms in total. The maximum absolute atomic E-state index is 15.0. The van der Waals surface area contributed by atoms with Gasteiger partial charge in [-0.2, -0.15) is 5.26 Å². The summed E-state index contributed by atoms with van der Waals surface area (Å²) >= 11 is 0. The van der Waals surface area contributed by atoms with Crippen LogP contribution in [0.4, 0.5) is 26.4 Å². The van der Waals surface area contributed by atoms with Crippen molar-refractivity contribution in [1.82, 2.24) is 19.8 Å². The summed E-state index contributed by atoms with van der Waals surface area (Å²) in [6, 6.07) is 7.09. The Bertz CT molecular complexity index is 1110. The molecule has 0 spiro atoms. The SMILES string of the molecule is CC(C)OC(=O)N1CCC(Oc2ncnc(Nc3ccc(N4CCN(C)CC4)cc3F)c2C#N)CC1. The van der Waals surface area contributed by atoms with Gasteiger partial charge in [-0.1, -0.05) is 0 Å². The van der Waals surface area contributed by atoms with Gasteiger partial charge in [0.05, 0.1) is 11.8 Å². The fourth-order valence-corrected chi connectivity index (χ4v) is 4.24. The molecule has 192 valence electrons. The van der Waals surface area contributed by atoms with Crippen LogP contribution < -0.4 is 15.0 Å². The Balaban J connectivity index is 1.41. The van der Waals surface area contributed by atoms with Crippen LogP contribution in [0.1, 0.15) is 32.3 Å². The quantitative estimate of drug-likeness (QED) is 0.643. The van der Waals surface area contributed by atoms with E-state index in [2.05, 4.69) is 38.2 Å². The number of benzene rings is 1. The summed E-state index contributed by atoms with van der Waals surface area (Å²) in [5, 5.41) is 12.7. The average molecular weight is 498 g/mol. The molecule has 2 saturated heterocycles. The highest BCUT2D eigenvalue weighted by Gasteiger charge is 2.27. The van der Waals surface area contributed by atoms with Gasteiger partial charge in [0, 0.05) is 57.8 Å². The van der Waals surface area contributed by atoms with Crippen LogP contribution in [0.5, 0.6) is 5.88 Å². The number of piperazine rings is 1. The highest BCUT2D eigenvalue weighted by Crippen LogP contribution is 2.29. The topological polar surface area (TPSA) is 107 Å². The zero-order valence-corrected chi connectivity index (χ0v) is 20.9. The summed E-state index contributed by atoms with van der Waals surface area (Å²) in [6.07, 6.45) is 1.70. The number of nitrogens with one attached hydrogen (secondary N) is 1. The van der Waals surface area contributed by atoms with E-state index in [0.717, 1.165) is 31.9 Å². The minimum Gasteiger partial charge on any atom is -0.473 e. The van der Waals surface area contributed by atoms with Gasteiger partial charge in [-0.25, -0.2) is 19.2 Å². The van der Waals surface area contributed by atoms with Gasteiger partial charge in [0.1, 0.15) is 24.3 Å². The molecule has 2 aromatic rings. The molecule has 1 aromatic carbocycles. The minimum absolute atomic E-state index is 0.0988. The number of anilines is 3. The Kier molecular flexibility index (Phi) is 8.05. The summed E-state index contributed by atoms with van der Waals surface area (Å²) in [7, 11) is 2.07. The number of rotatable bonds is 6. The summed E-state index contributed by atoms with van der Waals surface area (Å²) in [5.41, 5.74) is 1.13. The van der Waals surface area contributed by atoms with Crippen molar-refractivity contribution < 1.29 is 18.7 Å². The molecule has 0 unspecified atom stereocenters. The maximum Gasteiger partial charge on any atom is 0.410 e. The van der Waals surface area contributed by atoms with E-state index in [9.17, 15) is 14.4 Å². The number of halogens is 1. The molecule has 0 saturated carbocycles. The van der Waals surface area contributed by atoms with E-state index in [-0.39, 0.29) is 41.2 Å². The number of aromatic nitrogens is 2. The smallest absolute Gasteiger partial charge is 0.410 e. The van der Waals surface area contributed by atoms with Gasteiger partial charge in [0.15, 0.2) is 11.4 Å². The van der Waals surface area contributed by atoms with E-state index in [1.165, 1.54) is 12.4 Å². The number of hydrogen-bond donors (Lipinski definition) is 1. The molecule has 2 aliphatic rings. The second kappa shape index (κ2) is 11.4. The van der Waals surface area contributed by atoms with Crippen LogP contribution in [0.25, 0.3) is 0 Å². The molecule has 36 heavy (non-hydrogen) atoms. The first-order valence-electron chi connectivity index (χ1n) is 12.2. The first-order chi connectivity index (χ1) is 17.3. The first kappa shape index (κ1) is 25.4. The fourth-order valence-electron chi connectivity index (χ4n) is 4.24. The fraction of sp³-hybridized carbons (Fsp3) is 0.520. The second-order valence-corrected chi connectivity index (χ2v) is 9.33. The van der Waals surface area contributed by atoms with Crippen molar-refractivity contribution in [3.05, 3.63) is 35.9 Å². The summed E-state index contributed by atoms with van der Waals surface area (Å²) in [6.45, 7) is 8.13. The monoisotopic (exact) mass is 497 g/mol. The molecule has 3 heterocycles. The Morgan fingerprint density at radius 3 is 2.53 bits per heavy atom. The highest BCUT2D eigenvalue weighted by atomic mass is 19.1. The van der Waals surface area contributed by atoms with Crippen LogP contribution in [0.15, 0.2) is 24.5 Å². The number of carbonyl (C=O) groups is 1. The second-order valence-electron chi connectivity index (χ2n) is 9.33.